The van der Waals surface area contributed by atoms with E-state index in [0.29, 0.717) is 17.8 Å². The summed E-state index contributed by atoms with van der Waals surface area (Å²) in [6.07, 6.45) is 5.18. The van der Waals surface area contributed by atoms with Crippen LogP contribution >= 0.6 is 0 Å². The Hall–Kier alpha value is -1.18. The van der Waals surface area contributed by atoms with Gasteiger partial charge in [-0.05, 0) is 72.5 Å². The molecule has 0 saturated heterocycles. The van der Waals surface area contributed by atoms with Crippen molar-refractivity contribution in [1.82, 2.24) is 0 Å². The van der Waals surface area contributed by atoms with Gasteiger partial charge in [-0.3, -0.25) is 0 Å². The van der Waals surface area contributed by atoms with Crippen LogP contribution in [0.4, 0.5) is 0 Å². The van der Waals surface area contributed by atoms with Gasteiger partial charge in [0.1, 0.15) is 0 Å². The van der Waals surface area contributed by atoms with Crippen molar-refractivity contribution in [3.63, 3.8) is 0 Å². The van der Waals surface area contributed by atoms with Crippen molar-refractivity contribution in [2.75, 3.05) is 14.2 Å². The molecule has 2 aliphatic carbocycles. The molecule has 0 amide bonds. The molecule has 0 saturated carbocycles. The molecule has 0 unspecified atom stereocenters. The third-order valence-corrected chi connectivity index (χ3v) is 6.09. The highest BCUT2D eigenvalue weighted by molar-refractivity contribution is 5.59. The molecule has 0 fully saturated rings. The van der Waals surface area contributed by atoms with E-state index in [0.717, 1.165) is 23.3 Å². The Kier molecular flexibility index (Phi) is 4.62. The summed E-state index contributed by atoms with van der Waals surface area (Å²) in [6, 6.07) is 2.29. The normalized spacial score (nSPS) is 29.3. The fourth-order valence-corrected chi connectivity index (χ4v) is 5.12. The van der Waals surface area contributed by atoms with E-state index in [1.165, 1.54) is 31.2 Å². The molecule has 0 N–H and O–H groups in total. The molecular weight excluding hydrogens is 284 g/mol. The lowest BCUT2D eigenvalue weighted by atomic mass is 9.62. The second kappa shape index (κ2) is 6.37. The fraction of sp³-hybridized carbons (Fsp3) is 0.714. The third-order valence-electron chi connectivity index (χ3n) is 6.09. The Morgan fingerprint density at radius 3 is 2.43 bits per heavy atom. The van der Waals surface area contributed by atoms with Crippen LogP contribution in [-0.4, -0.2) is 14.2 Å². The molecule has 2 heteroatoms. The zero-order chi connectivity index (χ0) is 16.7. The smallest absolute Gasteiger partial charge is 0.164 e. The number of benzene rings is 1. The van der Waals surface area contributed by atoms with Crippen molar-refractivity contribution in [1.29, 1.82) is 0 Å². The summed E-state index contributed by atoms with van der Waals surface area (Å²) in [7, 11) is 3.56. The molecule has 1 aromatic rings. The summed E-state index contributed by atoms with van der Waals surface area (Å²) in [4.78, 5) is 0. The lowest BCUT2D eigenvalue weighted by Crippen LogP contribution is -2.28. The van der Waals surface area contributed by atoms with Crippen LogP contribution in [0.2, 0.25) is 0 Å². The SMILES string of the molecule is COc1cc2c3c(c1OC)[C@H](C)CC[C@@H]3[C@@H](C)C[C@@H]2CC(C)C. The number of hydrogen-bond acceptors (Lipinski definition) is 2. The summed E-state index contributed by atoms with van der Waals surface area (Å²) in [5.74, 6) is 5.36. The quantitative estimate of drug-likeness (QED) is 0.693. The zero-order valence-electron chi connectivity index (χ0n) is 15.6. The number of methoxy groups -OCH3 is 2. The van der Waals surface area contributed by atoms with Crippen LogP contribution in [0, 0.1) is 11.8 Å². The van der Waals surface area contributed by atoms with Crippen LogP contribution in [0.25, 0.3) is 0 Å². The first-order valence-electron chi connectivity index (χ1n) is 9.26. The van der Waals surface area contributed by atoms with Gasteiger partial charge in [0.2, 0.25) is 0 Å². The average molecular weight is 316 g/mol. The first-order valence-corrected chi connectivity index (χ1v) is 9.26. The molecular formula is C21H32O2. The van der Waals surface area contributed by atoms with E-state index < -0.39 is 0 Å². The maximum Gasteiger partial charge on any atom is 0.164 e. The van der Waals surface area contributed by atoms with Gasteiger partial charge in [0.25, 0.3) is 0 Å². The minimum absolute atomic E-state index is 0.565. The summed E-state index contributed by atoms with van der Waals surface area (Å²) >= 11 is 0. The summed E-state index contributed by atoms with van der Waals surface area (Å²) < 4.78 is 11.5. The van der Waals surface area contributed by atoms with Gasteiger partial charge in [0.15, 0.2) is 11.5 Å². The second-order valence-corrected chi connectivity index (χ2v) is 8.15. The standard InChI is InChI=1S/C21H32O2/c1-12(2)9-15-10-14(4)16-8-7-13(3)19-20(16)17(15)11-18(22-5)21(19)23-6/h11-16H,7-10H2,1-6H3/t13-,14+,15+,16-/m1/s1. The molecule has 1 aromatic carbocycles. The molecule has 0 aliphatic heterocycles. The molecule has 0 heterocycles. The van der Waals surface area contributed by atoms with Crippen molar-refractivity contribution in [2.45, 2.75) is 71.1 Å². The van der Waals surface area contributed by atoms with Gasteiger partial charge >= 0.3 is 0 Å². The highest BCUT2D eigenvalue weighted by Gasteiger charge is 2.40. The largest absolute Gasteiger partial charge is 0.493 e. The Morgan fingerprint density at radius 2 is 1.83 bits per heavy atom. The molecule has 2 nitrogen and oxygen atoms in total. The predicted molar refractivity (Wildman–Crippen MR) is 95.9 cm³/mol. The van der Waals surface area contributed by atoms with E-state index in [1.807, 2.05) is 0 Å². The van der Waals surface area contributed by atoms with Crippen LogP contribution in [0.3, 0.4) is 0 Å². The Labute approximate surface area is 141 Å². The van der Waals surface area contributed by atoms with Gasteiger partial charge in [0.05, 0.1) is 14.2 Å². The van der Waals surface area contributed by atoms with Gasteiger partial charge < -0.3 is 9.47 Å². The molecule has 0 bridgehead atoms. The van der Waals surface area contributed by atoms with Crippen LogP contribution in [-0.2, 0) is 0 Å². The first kappa shape index (κ1) is 16.7. The lowest BCUT2D eigenvalue weighted by Gasteiger charge is -2.43. The Morgan fingerprint density at radius 1 is 1.09 bits per heavy atom. The molecule has 0 radical (unpaired) electrons. The molecule has 0 aromatic heterocycles. The van der Waals surface area contributed by atoms with Crippen LogP contribution in [0.1, 0.15) is 87.8 Å². The molecule has 4 atom stereocenters. The zero-order valence-corrected chi connectivity index (χ0v) is 15.6. The fourth-order valence-electron chi connectivity index (χ4n) is 5.12. The van der Waals surface area contributed by atoms with E-state index in [-0.39, 0.29) is 0 Å². The summed E-state index contributed by atoms with van der Waals surface area (Å²) in [6.45, 7) is 9.49. The minimum atomic E-state index is 0.565. The second-order valence-electron chi connectivity index (χ2n) is 8.15. The van der Waals surface area contributed by atoms with Crippen LogP contribution in [0.15, 0.2) is 6.07 Å². The number of rotatable bonds is 4. The molecule has 0 spiro atoms. The number of ether oxygens (including phenoxy) is 2. The first-order chi connectivity index (χ1) is 11.0. The maximum atomic E-state index is 5.80. The van der Waals surface area contributed by atoms with E-state index in [9.17, 15) is 0 Å². The molecule has 23 heavy (non-hydrogen) atoms. The van der Waals surface area contributed by atoms with E-state index >= 15 is 0 Å². The van der Waals surface area contributed by atoms with Gasteiger partial charge in [-0.2, -0.15) is 0 Å². The number of hydrogen-bond donors (Lipinski definition) is 0. The van der Waals surface area contributed by atoms with E-state index in [4.69, 9.17) is 9.47 Å². The van der Waals surface area contributed by atoms with Crippen molar-refractivity contribution in [3.05, 3.63) is 22.8 Å². The highest BCUT2D eigenvalue weighted by atomic mass is 16.5. The Balaban J connectivity index is 2.22. The van der Waals surface area contributed by atoms with E-state index in [1.54, 1.807) is 25.3 Å². The van der Waals surface area contributed by atoms with Gasteiger partial charge in [-0.15, -0.1) is 0 Å². The molecule has 3 rings (SSSR count). The highest BCUT2D eigenvalue weighted by Crippen LogP contribution is 2.57. The van der Waals surface area contributed by atoms with Crippen molar-refractivity contribution in [3.8, 4) is 11.5 Å². The monoisotopic (exact) mass is 316 g/mol. The third kappa shape index (κ3) is 2.75. The van der Waals surface area contributed by atoms with E-state index in [2.05, 4.69) is 33.8 Å². The predicted octanol–water partition coefficient (Wildman–Crippen LogP) is 5.85. The van der Waals surface area contributed by atoms with Gasteiger partial charge in [-0.25, -0.2) is 0 Å². The van der Waals surface area contributed by atoms with Crippen LogP contribution < -0.4 is 9.47 Å². The maximum absolute atomic E-state index is 5.80. The van der Waals surface area contributed by atoms with Crippen molar-refractivity contribution >= 4 is 0 Å². The van der Waals surface area contributed by atoms with Gasteiger partial charge in [-0.1, -0.05) is 27.7 Å². The average Bonchev–Trinajstić information content (AvgIpc) is 2.51. The van der Waals surface area contributed by atoms with Crippen molar-refractivity contribution in [2.24, 2.45) is 11.8 Å². The molecule has 128 valence electrons. The van der Waals surface area contributed by atoms with Gasteiger partial charge in [0, 0.05) is 5.56 Å². The van der Waals surface area contributed by atoms with Crippen molar-refractivity contribution < 1.29 is 9.47 Å². The lowest BCUT2D eigenvalue weighted by molar-refractivity contribution is 0.286. The summed E-state index contributed by atoms with van der Waals surface area (Å²) in [5.41, 5.74) is 4.62. The Bertz CT molecular complexity index is 576. The molecule has 2 aliphatic rings. The van der Waals surface area contributed by atoms with Crippen LogP contribution in [0.5, 0.6) is 11.5 Å². The summed E-state index contributed by atoms with van der Waals surface area (Å²) in [5, 5.41) is 0. The topological polar surface area (TPSA) is 18.5 Å². The minimum Gasteiger partial charge on any atom is -0.493 e.